The number of carbonyl (C=O) groups is 2. The summed E-state index contributed by atoms with van der Waals surface area (Å²) < 4.78 is 34.3. The highest BCUT2D eigenvalue weighted by molar-refractivity contribution is 7.89. The van der Waals surface area contributed by atoms with Gasteiger partial charge < -0.3 is 10.1 Å². The van der Waals surface area contributed by atoms with Gasteiger partial charge in [-0.3, -0.25) is 4.79 Å². The summed E-state index contributed by atoms with van der Waals surface area (Å²) in [5.74, 6) is -0.965. The van der Waals surface area contributed by atoms with E-state index in [1.54, 1.807) is 57.2 Å². The van der Waals surface area contributed by atoms with Crippen LogP contribution in [0.3, 0.4) is 0 Å². The second-order valence-electron chi connectivity index (χ2n) is 8.38. The van der Waals surface area contributed by atoms with E-state index < -0.39 is 27.9 Å². The van der Waals surface area contributed by atoms with Crippen molar-refractivity contribution >= 4 is 27.6 Å². The molecule has 1 atom stereocenters. The first kappa shape index (κ1) is 26.1. The maximum absolute atomic E-state index is 13.4. The highest BCUT2D eigenvalue weighted by Gasteiger charge is 2.28. The molecule has 0 spiro atoms. The van der Waals surface area contributed by atoms with Crippen molar-refractivity contribution in [3.05, 3.63) is 94.5 Å². The molecule has 0 aliphatic heterocycles. The Balaban J connectivity index is 1.87. The monoisotopic (exact) mass is 494 g/mol. The summed E-state index contributed by atoms with van der Waals surface area (Å²) in [4.78, 5) is 25.3. The lowest BCUT2D eigenvalue weighted by Gasteiger charge is -2.21. The number of nitrogens with one attached hydrogen (secondary N) is 2. The standard InChI is InChI=1S/C27H30N2O5S/c1-5-34-27(31)22-11-13-23(14-12-22)28-26(30)24(17-21-9-7-6-8-10-21)29-35(32,33)25-19(3)15-18(2)16-20(25)4/h6-16,24,29H,5,17H2,1-4H3,(H,28,30). The van der Waals surface area contributed by atoms with Crippen LogP contribution in [0.15, 0.2) is 71.6 Å². The van der Waals surface area contributed by atoms with Crippen LogP contribution in [-0.2, 0) is 26.0 Å². The van der Waals surface area contributed by atoms with Gasteiger partial charge in [-0.15, -0.1) is 0 Å². The minimum Gasteiger partial charge on any atom is -0.462 e. The molecule has 3 aromatic rings. The zero-order chi connectivity index (χ0) is 25.6. The molecule has 0 aliphatic rings. The third-order valence-electron chi connectivity index (χ3n) is 5.43. The van der Waals surface area contributed by atoms with E-state index in [4.69, 9.17) is 4.74 Å². The molecule has 0 fully saturated rings. The zero-order valence-electron chi connectivity index (χ0n) is 20.3. The van der Waals surface area contributed by atoms with Gasteiger partial charge in [-0.25, -0.2) is 13.2 Å². The van der Waals surface area contributed by atoms with Crippen LogP contribution in [0.4, 0.5) is 5.69 Å². The highest BCUT2D eigenvalue weighted by Crippen LogP contribution is 2.22. The summed E-state index contributed by atoms with van der Waals surface area (Å²) in [6.07, 6.45) is 0.163. The molecule has 7 nitrogen and oxygen atoms in total. The molecular weight excluding hydrogens is 464 g/mol. The number of esters is 1. The van der Waals surface area contributed by atoms with E-state index in [-0.39, 0.29) is 17.9 Å². The SMILES string of the molecule is CCOC(=O)c1ccc(NC(=O)C(Cc2ccccc2)NS(=O)(=O)c2c(C)cc(C)cc2C)cc1. The average molecular weight is 495 g/mol. The average Bonchev–Trinajstić information content (AvgIpc) is 2.79. The summed E-state index contributed by atoms with van der Waals surface area (Å²) in [6, 6.07) is 18.0. The minimum absolute atomic E-state index is 0.163. The van der Waals surface area contributed by atoms with Gasteiger partial charge in [0, 0.05) is 5.69 Å². The van der Waals surface area contributed by atoms with Gasteiger partial charge >= 0.3 is 5.97 Å². The molecule has 3 rings (SSSR count). The first-order valence-electron chi connectivity index (χ1n) is 11.3. The molecule has 0 aliphatic carbocycles. The molecule has 0 heterocycles. The Hall–Kier alpha value is -3.49. The summed E-state index contributed by atoms with van der Waals surface area (Å²) in [6.45, 7) is 7.37. The molecule has 184 valence electrons. The number of anilines is 1. The first-order valence-corrected chi connectivity index (χ1v) is 12.8. The molecule has 3 aromatic carbocycles. The van der Waals surface area contributed by atoms with Crippen molar-refractivity contribution in [1.82, 2.24) is 4.72 Å². The van der Waals surface area contributed by atoms with Gasteiger partial charge in [0.1, 0.15) is 6.04 Å². The Bertz CT molecular complexity index is 1280. The highest BCUT2D eigenvalue weighted by atomic mass is 32.2. The van der Waals surface area contributed by atoms with Crippen LogP contribution >= 0.6 is 0 Å². The fourth-order valence-electron chi connectivity index (χ4n) is 4.01. The molecule has 0 bridgehead atoms. The summed E-state index contributed by atoms with van der Waals surface area (Å²) in [5.41, 5.74) is 3.79. The van der Waals surface area contributed by atoms with Crippen LogP contribution in [0.2, 0.25) is 0 Å². The maximum Gasteiger partial charge on any atom is 0.338 e. The van der Waals surface area contributed by atoms with E-state index in [0.717, 1.165) is 11.1 Å². The Morgan fingerprint density at radius 1 is 0.914 bits per heavy atom. The predicted octanol–water partition coefficient (Wildman–Crippen LogP) is 4.32. The number of aryl methyl sites for hydroxylation is 3. The van der Waals surface area contributed by atoms with E-state index >= 15 is 0 Å². The van der Waals surface area contributed by atoms with Crippen molar-refractivity contribution in [3.63, 3.8) is 0 Å². The van der Waals surface area contributed by atoms with Crippen LogP contribution < -0.4 is 10.0 Å². The van der Waals surface area contributed by atoms with Gasteiger partial charge in [0.2, 0.25) is 15.9 Å². The molecule has 2 N–H and O–H groups in total. The Morgan fingerprint density at radius 2 is 1.51 bits per heavy atom. The molecule has 0 radical (unpaired) electrons. The molecule has 8 heteroatoms. The van der Waals surface area contributed by atoms with Gasteiger partial charge in [-0.1, -0.05) is 48.0 Å². The number of carbonyl (C=O) groups excluding carboxylic acids is 2. The fraction of sp³-hybridized carbons (Fsp3) is 0.259. The van der Waals surface area contributed by atoms with Crippen molar-refractivity contribution < 1.29 is 22.7 Å². The zero-order valence-corrected chi connectivity index (χ0v) is 21.1. The van der Waals surface area contributed by atoms with Crippen LogP contribution in [-0.4, -0.2) is 32.9 Å². The van der Waals surface area contributed by atoms with Crippen LogP contribution in [0.1, 0.15) is 39.5 Å². The largest absolute Gasteiger partial charge is 0.462 e. The van der Waals surface area contributed by atoms with E-state index in [9.17, 15) is 18.0 Å². The fourth-order valence-corrected chi connectivity index (χ4v) is 5.66. The van der Waals surface area contributed by atoms with Gasteiger partial charge in [0.05, 0.1) is 17.1 Å². The first-order chi connectivity index (χ1) is 16.6. The third kappa shape index (κ3) is 6.77. The van der Waals surface area contributed by atoms with Gasteiger partial charge in [0.15, 0.2) is 0 Å². The minimum atomic E-state index is -3.99. The number of benzene rings is 3. The normalized spacial score (nSPS) is 12.1. The number of ether oxygens (including phenoxy) is 1. The van der Waals surface area contributed by atoms with E-state index in [0.29, 0.717) is 22.4 Å². The number of hydrogen-bond donors (Lipinski definition) is 2. The third-order valence-corrected chi connectivity index (χ3v) is 7.21. The Morgan fingerprint density at radius 3 is 2.09 bits per heavy atom. The van der Waals surface area contributed by atoms with E-state index in [2.05, 4.69) is 10.0 Å². The quantitative estimate of drug-likeness (QED) is 0.432. The van der Waals surface area contributed by atoms with Gasteiger partial charge in [0.25, 0.3) is 0 Å². The lowest BCUT2D eigenvalue weighted by molar-refractivity contribution is -0.117. The smallest absolute Gasteiger partial charge is 0.338 e. The summed E-state index contributed by atoms with van der Waals surface area (Å²) in [5, 5.41) is 2.75. The lowest BCUT2D eigenvalue weighted by Crippen LogP contribution is -2.45. The maximum atomic E-state index is 13.4. The van der Waals surface area contributed by atoms with Crippen molar-refractivity contribution in [2.45, 2.75) is 45.1 Å². The van der Waals surface area contributed by atoms with Crippen molar-refractivity contribution in [3.8, 4) is 0 Å². The van der Waals surface area contributed by atoms with Gasteiger partial charge in [-0.2, -0.15) is 4.72 Å². The summed E-state index contributed by atoms with van der Waals surface area (Å²) >= 11 is 0. The number of rotatable bonds is 9. The number of sulfonamides is 1. The second-order valence-corrected chi connectivity index (χ2v) is 10.0. The van der Waals surface area contributed by atoms with E-state index in [1.807, 2.05) is 37.3 Å². The van der Waals surface area contributed by atoms with Crippen molar-refractivity contribution in [2.75, 3.05) is 11.9 Å². The lowest BCUT2D eigenvalue weighted by atomic mass is 10.1. The molecule has 35 heavy (non-hydrogen) atoms. The van der Waals surface area contributed by atoms with Crippen molar-refractivity contribution in [2.24, 2.45) is 0 Å². The molecule has 1 unspecified atom stereocenters. The van der Waals surface area contributed by atoms with Crippen molar-refractivity contribution in [1.29, 1.82) is 0 Å². The summed E-state index contributed by atoms with van der Waals surface area (Å²) in [7, 11) is -3.99. The molecule has 0 saturated heterocycles. The topological polar surface area (TPSA) is 102 Å². The predicted molar refractivity (Wildman–Crippen MR) is 136 cm³/mol. The number of amides is 1. The molecule has 0 aromatic heterocycles. The van der Waals surface area contributed by atoms with Crippen LogP contribution in [0.5, 0.6) is 0 Å². The molecule has 1 amide bonds. The van der Waals surface area contributed by atoms with Gasteiger partial charge in [-0.05, 0) is 75.1 Å². The molecular formula is C27H30N2O5S. The second kappa shape index (κ2) is 11.3. The van der Waals surface area contributed by atoms with E-state index in [1.165, 1.54) is 0 Å². The Kier molecular flexibility index (Phi) is 8.43. The molecule has 0 saturated carbocycles. The van der Waals surface area contributed by atoms with Crippen LogP contribution in [0, 0.1) is 20.8 Å². The number of hydrogen-bond acceptors (Lipinski definition) is 5. The Labute approximate surface area is 206 Å². The van der Waals surface area contributed by atoms with Crippen LogP contribution in [0.25, 0.3) is 0 Å².